The lowest BCUT2D eigenvalue weighted by Gasteiger charge is -2.40. The van der Waals surface area contributed by atoms with E-state index in [9.17, 15) is 19.2 Å². The normalized spacial score (nSPS) is 22.5. The van der Waals surface area contributed by atoms with Gasteiger partial charge in [-0.1, -0.05) is 44.2 Å². The number of nitrogens with zero attached hydrogens (tertiary/aromatic N) is 1. The molecule has 29 heavy (non-hydrogen) atoms. The summed E-state index contributed by atoms with van der Waals surface area (Å²) < 4.78 is 0. The van der Waals surface area contributed by atoms with Crippen LogP contribution in [0, 0.1) is 11.8 Å². The maximum Gasteiger partial charge on any atom is 0.322 e. The summed E-state index contributed by atoms with van der Waals surface area (Å²) in [4.78, 5) is 50.8. The van der Waals surface area contributed by atoms with Gasteiger partial charge in [-0.3, -0.25) is 19.7 Å². The number of piperidine rings is 1. The number of hydrogen-bond donors (Lipinski definition) is 2. The van der Waals surface area contributed by atoms with Crippen LogP contribution in [0.3, 0.4) is 0 Å². The number of aryl methyl sites for hydroxylation is 1. The Hall–Kier alpha value is -2.70. The molecule has 156 valence electrons. The standard InChI is InChI=1S/C22H29N3O4/c1-15(2)14-18(26)19(27)25-12-9-17(10-13-25)22(20(28)23-21(29)24-22)11-8-16-6-4-3-5-7-16/h3-7,15,17H,8-14H2,1-2H3,(H2,23,24,28,29)/t22-/m0/s1. The Morgan fingerprint density at radius 3 is 2.34 bits per heavy atom. The van der Waals surface area contributed by atoms with E-state index in [1.807, 2.05) is 44.2 Å². The molecule has 0 spiro atoms. The van der Waals surface area contributed by atoms with Crippen LogP contribution >= 0.6 is 0 Å². The molecule has 0 aromatic heterocycles. The molecular formula is C22H29N3O4. The van der Waals surface area contributed by atoms with Gasteiger partial charge in [-0.15, -0.1) is 0 Å². The van der Waals surface area contributed by atoms with E-state index in [1.165, 1.54) is 0 Å². The summed E-state index contributed by atoms with van der Waals surface area (Å²) in [5.74, 6) is -1.02. The van der Waals surface area contributed by atoms with Crippen molar-refractivity contribution >= 4 is 23.6 Å². The van der Waals surface area contributed by atoms with E-state index in [4.69, 9.17) is 0 Å². The fourth-order valence-corrected chi connectivity index (χ4v) is 4.37. The minimum atomic E-state index is -0.968. The Morgan fingerprint density at radius 2 is 1.79 bits per heavy atom. The zero-order chi connectivity index (χ0) is 21.0. The highest BCUT2D eigenvalue weighted by molar-refractivity contribution is 6.36. The first kappa shape index (κ1) is 21.0. The van der Waals surface area contributed by atoms with E-state index < -0.39 is 17.5 Å². The highest BCUT2D eigenvalue weighted by Gasteiger charge is 2.52. The third kappa shape index (κ3) is 4.66. The van der Waals surface area contributed by atoms with Crippen molar-refractivity contribution in [3.8, 4) is 0 Å². The average molecular weight is 399 g/mol. The number of benzene rings is 1. The van der Waals surface area contributed by atoms with Crippen LogP contribution in [0.15, 0.2) is 30.3 Å². The Bertz CT molecular complexity index is 785. The lowest BCUT2D eigenvalue weighted by Crippen LogP contribution is -2.57. The number of nitrogens with one attached hydrogen (secondary N) is 2. The van der Waals surface area contributed by atoms with Gasteiger partial charge in [0.25, 0.3) is 11.8 Å². The van der Waals surface area contributed by atoms with Gasteiger partial charge in [-0.25, -0.2) is 4.79 Å². The number of amides is 4. The van der Waals surface area contributed by atoms with Crippen molar-refractivity contribution in [2.45, 2.75) is 51.5 Å². The first-order valence-electron chi connectivity index (χ1n) is 10.3. The molecule has 1 atom stereocenters. The fourth-order valence-electron chi connectivity index (χ4n) is 4.37. The predicted molar refractivity (Wildman–Crippen MR) is 108 cm³/mol. The summed E-state index contributed by atoms with van der Waals surface area (Å²) in [6.07, 6.45) is 2.56. The molecule has 2 aliphatic heterocycles. The quantitative estimate of drug-likeness (QED) is 0.542. The van der Waals surface area contributed by atoms with Crippen molar-refractivity contribution in [3.63, 3.8) is 0 Å². The maximum absolute atomic E-state index is 12.7. The van der Waals surface area contributed by atoms with E-state index >= 15 is 0 Å². The summed E-state index contributed by atoms with van der Waals surface area (Å²) in [5.41, 5.74) is 0.136. The lowest BCUT2D eigenvalue weighted by molar-refractivity contribution is -0.146. The molecule has 7 heteroatoms. The van der Waals surface area contributed by atoms with Crippen LogP contribution in [0.5, 0.6) is 0 Å². The van der Waals surface area contributed by atoms with Crippen LogP contribution < -0.4 is 10.6 Å². The Balaban J connectivity index is 1.67. The van der Waals surface area contributed by atoms with Crippen LogP contribution in [-0.4, -0.2) is 47.2 Å². The number of urea groups is 1. The van der Waals surface area contributed by atoms with Crippen LogP contribution in [0.1, 0.15) is 45.1 Å². The van der Waals surface area contributed by atoms with Gasteiger partial charge in [0.05, 0.1) is 0 Å². The highest BCUT2D eigenvalue weighted by Crippen LogP contribution is 2.34. The molecule has 2 fully saturated rings. The summed E-state index contributed by atoms with van der Waals surface area (Å²) in [7, 11) is 0. The van der Waals surface area contributed by atoms with Crippen molar-refractivity contribution < 1.29 is 19.2 Å². The Kier molecular flexibility index (Phi) is 6.35. The first-order chi connectivity index (χ1) is 13.8. The summed E-state index contributed by atoms with van der Waals surface area (Å²) in [6, 6.07) is 9.39. The molecule has 0 bridgehead atoms. The molecule has 4 amide bonds. The van der Waals surface area contributed by atoms with Crippen molar-refractivity contribution in [3.05, 3.63) is 35.9 Å². The minimum absolute atomic E-state index is 0.0816. The maximum atomic E-state index is 12.7. The number of likely N-dealkylation sites (tertiary alicyclic amines) is 1. The number of rotatable bonds is 7. The lowest BCUT2D eigenvalue weighted by atomic mass is 9.74. The average Bonchev–Trinajstić information content (AvgIpc) is 3.00. The number of carbonyl (C=O) groups excluding carboxylic acids is 4. The molecule has 0 radical (unpaired) electrons. The predicted octanol–water partition coefficient (Wildman–Crippen LogP) is 2.05. The van der Waals surface area contributed by atoms with Crippen LogP contribution in [-0.2, 0) is 20.8 Å². The van der Waals surface area contributed by atoms with Gasteiger partial charge in [-0.2, -0.15) is 0 Å². The van der Waals surface area contributed by atoms with Gasteiger partial charge in [0.2, 0.25) is 5.78 Å². The molecule has 2 aliphatic rings. The molecule has 0 aliphatic carbocycles. The largest absolute Gasteiger partial charge is 0.336 e. The summed E-state index contributed by atoms with van der Waals surface area (Å²) in [5, 5.41) is 5.27. The van der Waals surface area contributed by atoms with Crippen molar-refractivity contribution in [2.75, 3.05) is 13.1 Å². The van der Waals surface area contributed by atoms with E-state index in [1.54, 1.807) is 4.90 Å². The third-order valence-corrected chi connectivity index (χ3v) is 5.93. The van der Waals surface area contributed by atoms with Crippen molar-refractivity contribution in [1.82, 2.24) is 15.5 Å². The molecule has 7 nitrogen and oxygen atoms in total. The van der Waals surface area contributed by atoms with Gasteiger partial charge >= 0.3 is 6.03 Å². The molecule has 1 aromatic carbocycles. The zero-order valence-electron chi connectivity index (χ0n) is 17.1. The number of Topliss-reactive ketones (excluding diaryl/α,β-unsaturated/α-hetero) is 1. The molecule has 2 N–H and O–H groups in total. The monoisotopic (exact) mass is 399 g/mol. The van der Waals surface area contributed by atoms with Gasteiger partial charge < -0.3 is 10.2 Å². The third-order valence-electron chi connectivity index (χ3n) is 5.93. The second kappa shape index (κ2) is 8.76. The molecule has 0 saturated carbocycles. The molecule has 3 rings (SSSR count). The van der Waals surface area contributed by atoms with E-state index in [-0.39, 0.29) is 29.9 Å². The topological polar surface area (TPSA) is 95.6 Å². The highest BCUT2D eigenvalue weighted by atomic mass is 16.2. The van der Waals surface area contributed by atoms with E-state index in [2.05, 4.69) is 10.6 Å². The SMILES string of the molecule is CC(C)CC(=O)C(=O)N1CCC([C@]2(CCc3ccccc3)NC(=O)NC2=O)CC1. The second-order valence-electron chi connectivity index (χ2n) is 8.45. The molecule has 2 saturated heterocycles. The van der Waals surface area contributed by atoms with Crippen molar-refractivity contribution in [1.29, 1.82) is 0 Å². The number of carbonyl (C=O) groups is 4. The fraction of sp³-hybridized carbons (Fsp3) is 0.545. The van der Waals surface area contributed by atoms with Gasteiger partial charge in [0.1, 0.15) is 5.54 Å². The smallest absolute Gasteiger partial charge is 0.322 e. The van der Waals surface area contributed by atoms with Gasteiger partial charge in [-0.05, 0) is 43.1 Å². The van der Waals surface area contributed by atoms with Crippen LogP contribution in [0.2, 0.25) is 0 Å². The summed E-state index contributed by atoms with van der Waals surface area (Å²) in [6.45, 7) is 4.66. The molecule has 0 unspecified atom stereocenters. The Morgan fingerprint density at radius 1 is 1.14 bits per heavy atom. The van der Waals surface area contributed by atoms with E-state index in [0.29, 0.717) is 38.8 Å². The minimum Gasteiger partial charge on any atom is -0.336 e. The van der Waals surface area contributed by atoms with Gasteiger partial charge in [0, 0.05) is 19.5 Å². The number of hydrogen-bond acceptors (Lipinski definition) is 4. The van der Waals surface area contributed by atoms with Gasteiger partial charge in [0.15, 0.2) is 0 Å². The number of imide groups is 1. The van der Waals surface area contributed by atoms with E-state index in [0.717, 1.165) is 5.56 Å². The Labute approximate surface area is 171 Å². The van der Waals surface area contributed by atoms with Crippen molar-refractivity contribution in [2.24, 2.45) is 11.8 Å². The zero-order valence-corrected chi connectivity index (χ0v) is 17.1. The van der Waals surface area contributed by atoms with Crippen LogP contribution in [0.4, 0.5) is 4.79 Å². The summed E-state index contributed by atoms with van der Waals surface area (Å²) >= 11 is 0. The molecule has 2 heterocycles. The molecular weight excluding hydrogens is 370 g/mol. The second-order valence-corrected chi connectivity index (χ2v) is 8.45. The number of ketones is 1. The first-order valence-corrected chi connectivity index (χ1v) is 10.3. The molecule has 1 aromatic rings. The van der Waals surface area contributed by atoms with Crippen LogP contribution in [0.25, 0.3) is 0 Å².